The summed E-state index contributed by atoms with van der Waals surface area (Å²) in [5.41, 5.74) is 10.4. The summed E-state index contributed by atoms with van der Waals surface area (Å²) in [5.74, 6) is -0.577. The summed E-state index contributed by atoms with van der Waals surface area (Å²) >= 11 is 3.11. The molecule has 2 rings (SSSR count). The van der Waals surface area contributed by atoms with Gasteiger partial charge in [-0.25, -0.2) is 0 Å². The number of carbonyl (C=O) groups is 4. The van der Waals surface area contributed by atoms with E-state index in [1.165, 1.54) is 0 Å². The van der Waals surface area contributed by atoms with Crippen LogP contribution in [0.1, 0.15) is 118 Å². The molecule has 0 saturated heterocycles. The average Bonchev–Trinajstić information content (AvgIpc) is 2.89. The molecule has 0 aromatic heterocycles. The quantitative estimate of drug-likeness (QED) is 0.122. The number of alkyl halides is 1. The van der Waals surface area contributed by atoms with Gasteiger partial charge in [0.05, 0.1) is 18.2 Å². The van der Waals surface area contributed by atoms with Crippen molar-refractivity contribution in [3.63, 3.8) is 0 Å². The Labute approximate surface area is 261 Å². The van der Waals surface area contributed by atoms with Crippen molar-refractivity contribution in [2.24, 2.45) is 34.1 Å². The monoisotopic (exact) mass is 663 g/mol. The standard InChI is InChI=1S/C17H31NO4.C13H23BrN2O3.CH4/c1-16(2,3)22-15(21)6-10-17(12-14(19)20)8-4-13(5-9-17)7-11-18;14-8-11(17)16-6-3-10-1-4-13(9-15,5-2-10)7-12(18)19;/h13H,4-12,18H2,1-3H3,(H,19,20);10H,1-9,15H2,(H,16,17)(H,18,19);1H4. The lowest BCUT2D eigenvalue weighted by atomic mass is 9.66. The first-order valence-corrected chi connectivity index (χ1v) is 16.2. The van der Waals surface area contributed by atoms with E-state index < -0.39 is 17.5 Å². The van der Waals surface area contributed by atoms with Gasteiger partial charge in [0.2, 0.25) is 5.91 Å². The number of hydrogen-bond acceptors (Lipinski definition) is 7. The number of aliphatic carboxylic acids is 2. The second-order valence-electron chi connectivity index (χ2n) is 13.2. The van der Waals surface area contributed by atoms with Crippen molar-refractivity contribution < 1.29 is 34.1 Å². The van der Waals surface area contributed by atoms with Gasteiger partial charge in [-0.3, -0.25) is 19.2 Å². The van der Waals surface area contributed by atoms with E-state index in [0.29, 0.717) is 49.6 Å². The third-order valence-corrected chi connectivity index (χ3v) is 9.18. The van der Waals surface area contributed by atoms with Crippen molar-refractivity contribution in [3.8, 4) is 0 Å². The van der Waals surface area contributed by atoms with E-state index in [9.17, 15) is 24.3 Å². The molecule has 11 heteroatoms. The molecule has 2 aliphatic carbocycles. The molecule has 0 atom stereocenters. The van der Waals surface area contributed by atoms with Crippen LogP contribution >= 0.6 is 15.9 Å². The van der Waals surface area contributed by atoms with Gasteiger partial charge >= 0.3 is 17.9 Å². The number of carboxylic acids is 2. The third-order valence-electron chi connectivity index (χ3n) is 8.67. The zero-order chi connectivity index (χ0) is 31.1. The Morgan fingerprint density at radius 3 is 1.79 bits per heavy atom. The number of halogens is 1. The summed E-state index contributed by atoms with van der Waals surface area (Å²) in [4.78, 5) is 45.1. The first-order valence-electron chi connectivity index (χ1n) is 15.1. The minimum absolute atomic E-state index is 0. The highest BCUT2D eigenvalue weighted by Gasteiger charge is 2.38. The van der Waals surface area contributed by atoms with Crippen molar-refractivity contribution >= 4 is 39.7 Å². The summed E-state index contributed by atoms with van der Waals surface area (Å²) in [6, 6.07) is 0. The maximum atomic E-state index is 11.9. The Morgan fingerprint density at radius 1 is 0.881 bits per heavy atom. The van der Waals surface area contributed by atoms with Gasteiger partial charge in [0.15, 0.2) is 0 Å². The fourth-order valence-electron chi connectivity index (χ4n) is 6.23. The molecule has 0 radical (unpaired) electrons. The number of esters is 1. The van der Waals surface area contributed by atoms with Gasteiger partial charge in [-0.1, -0.05) is 23.4 Å². The van der Waals surface area contributed by atoms with Crippen LogP contribution in [0.2, 0.25) is 0 Å². The Hall–Kier alpha value is -1.72. The van der Waals surface area contributed by atoms with Crippen molar-refractivity contribution in [1.29, 1.82) is 0 Å². The largest absolute Gasteiger partial charge is 0.481 e. The maximum Gasteiger partial charge on any atom is 0.306 e. The third kappa shape index (κ3) is 16.2. The summed E-state index contributed by atoms with van der Waals surface area (Å²) < 4.78 is 5.34. The summed E-state index contributed by atoms with van der Waals surface area (Å²) in [5, 5.41) is 21.3. The lowest BCUT2D eigenvalue weighted by Crippen LogP contribution is -2.37. The predicted molar refractivity (Wildman–Crippen MR) is 169 cm³/mol. The van der Waals surface area contributed by atoms with Gasteiger partial charge in [-0.05, 0) is 127 Å². The van der Waals surface area contributed by atoms with E-state index in [1.54, 1.807) is 0 Å². The summed E-state index contributed by atoms with van der Waals surface area (Å²) in [6.07, 6.45) is 10.7. The van der Waals surface area contributed by atoms with Crippen LogP contribution in [0.3, 0.4) is 0 Å². The molecule has 0 heterocycles. The molecule has 0 aliphatic heterocycles. The minimum atomic E-state index is -0.776. The summed E-state index contributed by atoms with van der Waals surface area (Å²) in [7, 11) is 0. The molecule has 2 fully saturated rings. The Kier molecular flexibility index (Phi) is 18.7. The number of carbonyl (C=O) groups excluding carboxylic acids is 2. The highest BCUT2D eigenvalue weighted by atomic mass is 79.9. The zero-order valence-electron chi connectivity index (χ0n) is 25.4. The molecule has 0 unspecified atom stereocenters. The number of ether oxygens (including phenoxy) is 1. The first kappa shape index (κ1) is 40.3. The highest BCUT2D eigenvalue weighted by molar-refractivity contribution is 9.09. The van der Waals surface area contributed by atoms with Crippen LogP contribution in [0, 0.1) is 22.7 Å². The molecule has 10 nitrogen and oxygen atoms in total. The van der Waals surface area contributed by atoms with Crippen LogP contribution in [0.25, 0.3) is 0 Å². The Balaban J connectivity index is 0.000000790. The number of rotatable bonds is 14. The molecule has 0 aromatic rings. The van der Waals surface area contributed by atoms with Gasteiger partial charge in [-0.2, -0.15) is 0 Å². The van der Waals surface area contributed by atoms with Crippen LogP contribution in [-0.4, -0.2) is 64.6 Å². The molecule has 2 saturated carbocycles. The van der Waals surface area contributed by atoms with Crippen LogP contribution in [0.5, 0.6) is 0 Å². The maximum absolute atomic E-state index is 11.9. The van der Waals surface area contributed by atoms with E-state index in [4.69, 9.17) is 21.3 Å². The van der Waals surface area contributed by atoms with Gasteiger partial charge < -0.3 is 31.7 Å². The van der Waals surface area contributed by atoms with E-state index >= 15 is 0 Å². The van der Waals surface area contributed by atoms with E-state index in [0.717, 1.165) is 64.2 Å². The van der Waals surface area contributed by atoms with E-state index in [2.05, 4.69) is 21.2 Å². The van der Waals surface area contributed by atoms with E-state index in [-0.39, 0.29) is 43.0 Å². The van der Waals surface area contributed by atoms with Gasteiger partial charge in [0.25, 0.3) is 0 Å². The van der Waals surface area contributed by atoms with Crippen molar-refractivity contribution in [2.45, 2.75) is 124 Å². The van der Waals surface area contributed by atoms with Crippen molar-refractivity contribution in [3.05, 3.63) is 0 Å². The highest BCUT2D eigenvalue weighted by Crippen LogP contribution is 2.46. The molecule has 0 aromatic carbocycles. The molecule has 7 N–H and O–H groups in total. The van der Waals surface area contributed by atoms with Gasteiger partial charge in [-0.15, -0.1) is 0 Å². The van der Waals surface area contributed by atoms with Crippen molar-refractivity contribution in [2.75, 3.05) is 25.0 Å². The molecule has 42 heavy (non-hydrogen) atoms. The van der Waals surface area contributed by atoms with E-state index in [1.807, 2.05) is 20.8 Å². The predicted octanol–water partition coefficient (Wildman–Crippen LogP) is 5.24. The minimum Gasteiger partial charge on any atom is -0.481 e. The topological polar surface area (TPSA) is 182 Å². The van der Waals surface area contributed by atoms with Crippen LogP contribution in [0.4, 0.5) is 0 Å². The second-order valence-corrected chi connectivity index (χ2v) is 13.7. The molecular formula is C31H58BrN3O7. The van der Waals surface area contributed by atoms with Gasteiger partial charge in [0, 0.05) is 13.0 Å². The smallest absolute Gasteiger partial charge is 0.306 e. The number of nitrogens with one attached hydrogen (secondary N) is 1. The normalized spacial score (nSPS) is 25.7. The lowest BCUT2D eigenvalue weighted by molar-refractivity contribution is -0.156. The van der Waals surface area contributed by atoms with Crippen molar-refractivity contribution in [1.82, 2.24) is 5.32 Å². The molecule has 246 valence electrons. The van der Waals surface area contributed by atoms with Crippen LogP contribution in [0.15, 0.2) is 0 Å². The average molecular weight is 665 g/mol. The lowest BCUT2D eigenvalue weighted by Gasteiger charge is -2.39. The molecular weight excluding hydrogens is 606 g/mol. The van der Waals surface area contributed by atoms with Crippen LogP contribution in [-0.2, 0) is 23.9 Å². The molecule has 0 spiro atoms. The fourth-order valence-corrected chi connectivity index (χ4v) is 6.42. The number of amides is 1. The Bertz CT molecular complexity index is 831. The molecule has 1 amide bonds. The van der Waals surface area contributed by atoms with Gasteiger partial charge in [0.1, 0.15) is 5.60 Å². The Morgan fingerprint density at radius 2 is 1.36 bits per heavy atom. The molecule has 0 bridgehead atoms. The number of hydrogen-bond donors (Lipinski definition) is 5. The van der Waals surface area contributed by atoms with Crippen LogP contribution < -0.4 is 16.8 Å². The fraction of sp³-hybridized carbons (Fsp3) is 0.871. The number of nitrogens with two attached hydrogens (primary N) is 2. The number of carboxylic acid groups (broad SMARTS) is 2. The second kappa shape index (κ2) is 19.5. The molecule has 2 aliphatic rings. The first-order chi connectivity index (χ1) is 19.2. The summed E-state index contributed by atoms with van der Waals surface area (Å²) in [6.45, 7) is 7.37. The zero-order valence-corrected chi connectivity index (χ0v) is 26.9. The SMILES string of the molecule is C.CC(C)(C)OC(=O)CCC1(CC(=O)O)CCC(CCN)CC1.NCC1(CC(=O)O)CCC(CCNC(=O)CBr)CC1.